The zero-order valence-corrected chi connectivity index (χ0v) is 12.3. The second-order valence-electron chi connectivity index (χ2n) is 4.14. The molecule has 0 spiro atoms. The number of carbonyl (C=O) groups is 1. The summed E-state index contributed by atoms with van der Waals surface area (Å²) in [6.45, 7) is 4.51. The van der Waals surface area contributed by atoms with Gasteiger partial charge in [0.2, 0.25) is 0 Å². The molecule has 0 aromatic carbocycles. The van der Waals surface area contributed by atoms with E-state index in [1.165, 1.54) is 0 Å². The summed E-state index contributed by atoms with van der Waals surface area (Å²) in [5.74, 6) is 0.429. The van der Waals surface area contributed by atoms with E-state index in [1.54, 1.807) is 29.7 Å². The Balaban J connectivity index is 2.04. The maximum Gasteiger partial charge on any atom is 0.271 e. The highest BCUT2D eigenvalue weighted by molar-refractivity contribution is 7.09. The predicted molar refractivity (Wildman–Crippen MR) is 78.8 cm³/mol. The van der Waals surface area contributed by atoms with Crippen LogP contribution in [0.15, 0.2) is 23.7 Å². The number of nitrogens with zero attached hydrogens (tertiary/aromatic N) is 3. The van der Waals surface area contributed by atoms with Gasteiger partial charge in [0.05, 0.1) is 6.04 Å². The molecule has 6 nitrogen and oxygen atoms in total. The molecular weight excluding hydrogens is 274 g/mol. The third-order valence-corrected chi connectivity index (χ3v) is 3.60. The van der Waals surface area contributed by atoms with Crippen molar-refractivity contribution in [3.63, 3.8) is 0 Å². The Morgan fingerprint density at radius 3 is 2.75 bits per heavy atom. The summed E-state index contributed by atoms with van der Waals surface area (Å²) in [4.78, 5) is 15.9. The SMILES string of the molecule is CCNC(=O)c1ccc(NC(CC)c2nccs2)nn1. The minimum Gasteiger partial charge on any atom is -0.359 e. The Hall–Kier alpha value is -2.02. The van der Waals surface area contributed by atoms with E-state index in [-0.39, 0.29) is 11.9 Å². The first-order chi connectivity index (χ1) is 9.74. The van der Waals surface area contributed by atoms with Crippen LogP contribution in [0.4, 0.5) is 5.82 Å². The molecule has 2 aromatic rings. The van der Waals surface area contributed by atoms with Crippen LogP contribution in [0.1, 0.15) is 41.8 Å². The van der Waals surface area contributed by atoms with E-state index >= 15 is 0 Å². The summed E-state index contributed by atoms with van der Waals surface area (Å²) in [5.41, 5.74) is 0.319. The zero-order valence-electron chi connectivity index (χ0n) is 11.5. The highest BCUT2D eigenvalue weighted by Gasteiger charge is 2.13. The summed E-state index contributed by atoms with van der Waals surface area (Å²) in [6, 6.07) is 3.53. The van der Waals surface area contributed by atoms with Crippen LogP contribution in [-0.2, 0) is 0 Å². The van der Waals surface area contributed by atoms with Gasteiger partial charge in [-0.2, -0.15) is 0 Å². The number of nitrogens with one attached hydrogen (secondary N) is 2. The zero-order chi connectivity index (χ0) is 14.4. The van der Waals surface area contributed by atoms with Crippen LogP contribution in [-0.4, -0.2) is 27.6 Å². The van der Waals surface area contributed by atoms with Crippen LogP contribution in [0.5, 0.6) is 0 Å². The number of rotatable bonds is 6. The second kappa shape index (κ2) is 6.95. The number of aromatic nitrogens is 3. The van der Waals surface area contributed by atoms with Crippen molar-refractivity contribution in [1.29, 1.82) is 0 Å². The normalized spacial score (nSPS) is 11.9. The Kier molecular flexibility index (Phi) is 5.00. The highest BCUT2D eigenvalue weighted by Crippen LogP contribution is 2.22. The largest absolute Gasteiger partial charge is 0.359 e. The molecule has 0 saturated heterocycles. The Morgan fingerprint density at radius 1 is 1.35 bits per heavy atom. The van der Waals surface area contributed by atoms with E-state index in [2.05, 4.69) is 32.7 Å². The summed E-state index contributed by atoms with van der Waals surface area (Å²) in [7, 11) is 0. The van der Waals surface area contributed by atoms with Crippen molar-refractivity contribution < 1.29 is 4.79 Å². The second-order valence-corrected chi connectivity index (χ2v) is 5.06. The third-order valence-electron chi connectivity index (χ3n) is 2.71. The van der Waals surface area contributed by atoms with Gasteiger partial charge in [0, 0.05) is 18.1 Å². The molecule has 0 aliphatic carbocycles. The molecule has 1 atom stereocenters. The van der Waals surface area contributed by atoms with Gasteiger partial charge in [0.1, 0.15) is 10.8 Å². The van der Waals surface area contributed by atoms with Crippen molar-refractivity contribution >= 4 is 23.1 Å². The highest BCUT2D eigenvalue weighted by atomic mass is 32.1. The van der Waals surface area contributed by atoms with Crippen molar-refractivity contribution in [3.8, 4) is 0 Å². The molecule has 2 rings (SSSR count). The van der Waals surface area contributed by atoms with Crippen LogP contribution in [0, 0.1) is 0 Å². The molecule has 7 heteroatoms. The van der Waals surface area contributed by atoms with E-state index in [4.69, 9.17) is 0 Å². The molecule has 0 aliphatic heterocycles. The monoisotopic (exact) mass is 291 g/mol. The maximum absolute atomic E-state index is 11.6. The number of hydrogen-bond donors (Lipinski definition) is 2. The van der Waals surface area contributed by atoms with Crippen molar-refractivity contribution in [2.45, 2.75) is 26.3 Å². The van der Waals surface area contributed by atoms with E-state index in [0.29, 0.717) is 18.1 Å². The van der Waals surface area contributed by atoms with Crippen LogP contribution in [0.2, 0.25) is 0 Å². The first-order valence-corrected chi connectivity index (χ1v) is 7.40. The van der Waals surface area contributed by atoms with Gasteiger partial charge >= 0.3 is 0 Å². The third kappa shape index (κ3) is 3.51. The number of amides is 1. The molecule has 20 heavy (non-hydrogen) atoms. The quantitative estimate of drug-likeness (QED) is 0.853. The minimum absolute atomic E-state index is 0.111. The van der Waals surface area contributed by atoms with Gasteiger partial charge in [-0.25, -0.2) is 4.98 Å². The fraction of sp³-hybridized carbons (Fsp3) is 0.385. The van der Waals surface area contributed by atoms with E-state index in [1.807, 2.05) is 12.3 Å². The van der Waals surface area contributed by atoms with Gasteiger partial charge in [0.15, 0.2) is 5.69 Å². The topological polar surface area (TPSA) is 79.8 Å². The fourth-order valence-corrected chi connectivity index (χ4v) is 2.48. The molecule has 2 N–H and O–H groups in total. The average molecular weight is 291 g/mol. The molecule has 1 unspecified atom stereocenters. The molecule has 106 valence electrons. The molecule has 1 amide bonds. The Morgan fingerprint density at radius 2 is 2.20 bits per heavy atom. The van der Waals surface area contributed by atoms with E-state index in [9.17, 15) is 4.79 Å². The standard InChI is InChI=1S/C13H17N5OS/c1-3-9(13-15-7-8-20-13)16-11-6-5-10(17-18-11)12(19)14-4-2/h5-9H,3-4H2,1-2H3,(H,14,19)(H,16,18). The van der Waals surface area contributed by atoms with Crippen molar-refractivity contribution in [3.05, 3.63) is 34.4 Å². The molecule has 0 aliphatic rings. The van der Waals surface area contributed by atoms with Crippen molar-refractivity contribution in [1.82, 2.24) is 20.5 Å². The summed E-state index contributed by atoms with van der Waals surface area (Å²) >= 11 is 1.60. The van der Waals surface area contributed by atoms with Gasteiger partial charge in [-0.15, -0.1) is 21.5 Å². The smallest absolute Gasteiger partial charge is 0.271 e. The van der Waals surface area contributed by atoms with Crippen LogP contribution >= 0.6 is 11.3 Å². The number of hydrogen-bond acceptors (Lipinski definition) is 6. The average Bonchev–Trinajstić information content (AvgIpc) is 2.99. The number of anilines is 1. The van der Waals surface area contributed by atoms with Gasteiger partial charge in [-0.1, -0.05) is 6.92 Å². The molecule has 2 aromatic heterocycles. The van der Waals surface area contributed by atoms with Crippen molar-refractivity contribution in [2.75, 3.05) is 11.9 Å². The first kappa shape index (κ1) is 14.4. The summed E-state index contributed by atoms with van der Waals surface area (Å²) < 4.78 is 0. The number of carbonyl (C=O) groups excluding carboxylic acids is 1. The molecule has 0 fully saturated rings. The lowest BCUT2D eigenvalue weighted by molar-refractivity contribution is 0.0950. The van der Waals surface area contributed by atoms with E-state index in [0.717, 1.165) is 11.4 Å². The fourth-order valence-electron chi connectivity index (χ4n) is 1.70. The number of thiazole rings is 1. The van der Waals surface area contributed by atoms with Crippen LogP contribution in [0.3, 0.4) is 0 Å². The lowest BCUT2D eigenvalue weighted by Gasteiger charge is -2.14. The summed E-state index contributed by atoms with van der Waals surface area (Å²) in [6.07, 6.45) is 2.68. The molecular formula is C13H17N5OS. The van der Waals surface area contributed by atoms with Crippen LogP contribution in [0.25, 0.3) is 0 Å². The van der Waals surface area contributed by atoms with Gasteiger partial charge in [-0.05, 0) is 25.5 Å². The predicted octanol–water partition coefficient (Wildman–Crippen LogP) is 2.25. The summed E-state index contributed by atoms with van der Waals surface area (Å²) in [5, 5.41) is 16.9. The Bertz CT molecular complexity index is 540. The molecule has 0 radical (unpaired) electrons. The maximum atomic E-state index is 11.6. The first-order valence-electron chi connectivity index (χ1n) is 6.52. The van der Waals surface area contributed by atoms with Gasteiger partial charge < -0.3 is 10.6 Å². The Labute approximate surface area is 121 Å². The van der Waals surface area contributed by atoms with Gasteiger partial charge in [-0.3, -0.25) is 4.79 Å². The lowest BCUT2D eigenvalue weighted by atomic mass is 10.2. The minimum atomic E-state index is -0.210. The van der Waals surface area contributed by atoms with Crippen LogP contribution < -0.4 is 10.6 Å². The molecule has 2 heterocycles. The molecule has 0 saturated carbocycles. The van der Waals surface area contributed by atoms with Crippen molar-refractivity contribution in [2.24, 2.45) is 0 Å². The molecule has 0 bridgehead atoms. The lowest BCUT2D eigenvalue weighted by Crippen LogP contribution is -2.24. The van der Waals surface area contributed by atoms with Gasteiger partial charge in [0.25, 0.3) is 5.91 Å². The van der Waals surface area contributed by atoms with E-state index < -0.39 is 0 Å².